The lowest BCUT2D eigenvalue weighted by molar-refractivity contribution is -0.120. The third kappa shape index (κ3) is 5.45. The van der Waals surface area contributed by atoms with Crippen LogP contribution in [0.25, 0.3) is 0 Å². The molecule has 0 aromatic heterocycles. The Kier molecular flexibility index (Phi) is 7.59. The summed E-state index contributed by atoms with van der Waals surface area (Å²) in [7, 11) is -3.97. The highest BCUT2D eigenvalue weighted by Crippen LogP contribution is 2.28. The van der Waals surface area contributed by atoms with E-state index in [9.17, 15) is 13.2 Å². The fourth-order valence-electron chi connectivity index (χ4n) is 4.43. The zero-order valence-electron chi connectivity index (χ0n) is 19.2. The molecule has 1 unspecified atom stereocenters. The van der Waals surface area contributed by atoms with Crippen molar-refractivity contribution in [3.63, 3.8) is 0 Å². The fourth-order valence-corrected chi connectivity index (χ4v) is 6.05. The molecule has 4 rings (SSSR count). The van der Waals surface area contributed by atoms with Crippen molar-refractivity contribution >= 4 is 33.2 Å². The van der Waals surface area contributed by atoms with Crippen LogP contribution in [0.4, 0.5) is 5.69 Å². The van der Waals surface area contributed by atoms with Crippen molar-refractivity contribution in [1.29, 1.82) is 0 Å². The quantitative estimate of drug-likeness (QED) is 0.436. The van der Waals surface area contributed by atoms with Gasteiger partial charge in [-0.15, -0.1) is 0 Å². The maximum Gasteiger partial charge on any atom is 0.264 e. The molecule has 0 saturated heterocycles. The number of nitrogens with one attached hydrogen (secondary N) is 1. The van der Waals surface area contributed by atoms with Crippen LogP contribution in [-0.4, -0.2) is 20.9 Å². The van der Waals surface area contributed by atoms with Crippen LogP contribution in [0.5, 0.6) is 0 Å². The maximum absolute atomic E-state index is 13.5. The highest BCUT2D eigenvalue weighted by atomic mass is 35.5. The average molecular weight is 497 g/mol. The summed E-state index contributed by atoms with van der Waals surface area (Å²) < 4.78 is 28.1. The van der Waals surface area contributed by atoms with Gasteiger partial charge >= 0.3 is 0 Å². The summed E-state index contributed by atoms with van der Waals surface area (Å²) in [5.41, 5.74) is 4.13. The lowest BCUT2D eigenvalue weighted by Gasteiger charge is -2.26. The molecular weight excluding hydrogens is 468 g/mol. The molecule has 178 valence electrons. The van der Waals surface area contributed by atoms with E-state index in [1.165, 1.54) is 36.1 Å². The van der Waals surface area contributed by atoms with Gasteiger partial charge in [-0.3, -0.25) is 9.10 Å². The molecule has 0 aliphatic heterocycles. The fraction of sp³-hybridized carbons (Fsp3) is 0.296. The molecule has 1 N–H and O–H groups in total. The summed E-state index contributed by atoms with van der Waals surface area (Å²) in [6, 6.07) is 20.9. The Hall–Kier alpha value is -2.83. The normalized spacial score (nSPS) is 14.2. The lowest BCUT2D eigenvalue weighted by Crippen LogP contribution is -2.42. The van der Waals surface area contributed by atoms with Gasteiger partial charge in [0.05, 0.1) is 16.6 Å². The van der Waals surface area contributed by atoms with Gasteiger partial charge in [-0.25, -0.2) is 8.42 Å². The molecule has 1 aliphatic carbocycles. The largest absolute Gasteiger partial charge is 0.348 e. The number of halogens is 1. The first kappa shape index (κ1) is 24.3. The molecule has 34 heavy (non-hydrogen) atoms. The number of carbonyl (C=O) groups is 1. The van der Waals surface area contributed by atoms with Gasteiger partial charge < -0.3 is 5.32 Å². The van der Waals surface area contributed by atoms with Crippen molar-refractivity contribution in [2.75, 3.05) is 10.8 Å². The van der Waals surface area contributed by atoms with Crippen molar-refractivity contribution in [1.82, 2.24) is 5.32 Å². The second-order valence-corrected chi connectivity index (χ2v) is 10.9. The van der Waals surface area contributed by atoms with E-state index in [0.29, 0.717) is 17.1 Å². The maximum atomic E-state index is 13.5. The number of hydrogen-bond acceptors (Lipinski definition) is 3. The van der Waals surface area contributed by atoms with E-state index in [1.54, 1.807) is 42.5 Å². The predicted octanol–water partition coefficient (Wildman–Crippen LogP) is 5.68. The molecule has 3 aromatic carbocycles. The minimum absolute atomic E-state index is 0.115. The van der Waals surface area contributed by atoms with Crippen molar-refractivity contribution < 1.29 is 13.2 Å². The summed E-state index contributed by atoms with van der Waals surface area (Å²) in [5, 5.41) is 3.45. The van der Waals surface area contributed by atoms with E-state index in [0.717, 1.165) is 22.7 Å². The second-order valence-electron chi connectivity index (χ2n) is 8.57. The van der Waals surface area contributed by atoms with Gasteiger partial charge in [-0.2, -0.15) is 0 Å². The minimum atomic E-state index is -3.97. The summed E-state index contributed by atoms with van der Waals surface area (Å²) in [4.78, 5) is 13.3. The van der Waals surface area contributed by atoms with Gasteiger partial charge in [0.25, 0.3) is 10.0 Å². The number of anilines is 1. The van der Waals surface area contributed by atoms with Gasteiger partial charge in [0.15, 0.2) is 0 Å². The van der Waals surface area contributed by atoms with Crippen LogP contribution in [0.3, 0.4) is 0 Å². The van der Waals surface area contributed by atoms with Gasteiger partial charge in [0, 0.05) is 5.02 Å². The summed E-state index contributed by atoms with van der Waals surface area (Å²) in [6.07, 6.45) is 5.27. The van der Waals surface area contributed by atoms with Crippen LogP contribution in [0.15, 0.2) is 77.7 Å². The Labute approximate surface area is 206 Å². The van der Waals surface area contributed by atoms with Gasteiger partial charge in [0.1, 0.15) is 6.54 Å². The lowest BCUT2D eigenvalue weighted by atomic mass is 9.89. The highest BCUT2D eigenvalue weighted by Gasteiger charge is 2.28. The molecule has 1 atom stereocenters. The molecule has 1 aliphatic rings. The Morgan fingerprint density at radius 2 is 1.71 bits per heavy atom. The summed E-state index contributed by atoms with van der Waals surface area (Å²) in [5.74, 6) is -0.371. The molecule has 0 fully saturated rings. The molecule has 0 spiro atoms. The van der Waals surface area contributed by atoms with Crippen LogP contribution < -0.4 is 9.62 Å². The number of nitrogens with zero attached hydrogens (tertiary/aromatic N) is 1. The third-order valence-corrected chi connectivity index (χ3v) is 8.26. The van der Waals surface area contributed by atoms with Crippen LogP contribution >= 0.6 is 11.6 Å². The van der Waals surface area contributed by atoms with E-state index < -0.39 is 10.0 Å². The minimum Gasteiger partial charge on any atom is -0.348 e. The smallest absolute Gasteiger partial charge is 0.264 e. The molecule has 0 radical (unpaired) electrons. The number of sulfonamides is 1. The summed E-state index contributed by atoms with van der Waals surface area (Å²) in [6.45, 7) is 1.67. The molecule has 5 nitrogen and oxygen atoms in total. The number of aryl methyl sites for hydroxylation is 2. The number of carbonyl (C=O) groups excluding carboxylic acids is 1. The van der Waals surface area contributed by atoms with Crippen LogP contribution in [0.1, 0.15) is 48.9 Å². The van der Waals surface area contributed by atoms with Crippen molar-refractivity contribution in [2.45, 2.75) is 50.0 Å². The molecule has 7 heteroatoms. The zero-order chi connectivity index (χ0) is 24.1. The van der Waals surface area contributed by atoms with Gasteiger partial charge in [-0.05, 0) is 79.1 Å². The SMILES string of the molecule is CCC(NC(=O)CN(c1cccc(Cl)c1)S(=O)(=O)c1ccccc1)c1ccc2c(c1)CCCC2. The van der Waals surface area contributed by atoms with Crippen LogP contribution in [0.2, 0.25) is 5.02 Å². The van der Waals surface area contributed by atoms with Crippen molar-refractivity contribution in [3.8, 4) is 0 Å². The van der Waals surface area contributed by atoms with Gasteiger partial charge in [0.2, 0.25) is 5.91 Å². The second kappa shape index (κ2) is 10.6. The molecule has 0 bridgehead atoms. The number of fused-ring (bicyclic) bond motifs is 1. The standard InChI is InChI=1S/C27H29ClN2O3S/c1-2-26(22-16-15-20-9-6-7-10-21(20)17-22)29-27(31)19-30(24-12-8-11-23(28)18-24)34(32,33)25-13-4-3-5-14-25/h3-5,8,11-18,26H,2,6-7,9-10,19H2,1H3,(H,29,31). The van der Waals surface area contributed by atoms with E-state index in [4.69, 9.17) is 11.6 Å². The first-order valence-corrected chi connectivity index (χ1v) is 13.4. The van der Waals surface area contributed by atoms with E-state index in [1.807, 2.05) is 6.92 Å². The Morgan fingerprint density at radius 1 is 0.971 bits per heavy atom. The first-order chi connectivity index (χ1) is 16.4. The number of benzene rings is 3. The zero-order valence-corrected chi connectivity index (χ0v) is 20.8. The van der Waals surface area contributed by atoms with Crippen LogP contribution in [0, 0.1) is 0 Å². The summed E-state index contributed by atoms with van der Waals surface area (Å²) >= 11 is 6.14. The van der Waals surface area contributed by atoms with E-state index in [-0.39, 0.29) is 23.4 Å². The van der Waals surface area contributed by atoms with Crippen molar-refractivity contribution in [2.24, 2.45) is 0 Å². The van der Waals surface area contributed by atoms with Crippen LogP contribution in [-0.2, 0) is 27.7 Å². The topological polar surface area (TPSA) is 66.5 Å². The number of hydrogen-bond donors (Lipinski definition) is 1. The number of rotatable bonds is 8. The molecule has 0 saturated carbocycles. The van der Waals surface area contributed by atoms with Crippen molar-refractivity contribution in [3.05, 3.63) is 94.5 Å². The molecule has 3 aromatic rings. The Morgan fingerprint density at radius 3 is 2.41 bits per heavy atom. The molecule has 1 amide bonds. The average Bonchev–Trinajstić information content (AvgIpc) is 2.86. The van der Waals surface area contributed by atoms with Gasteiger partial charge in [-0.1, -0.05) is 61.0 Å². The van der Waals surface area contributed by atoms with E-state index >= 15 is 0 Å². The third-order valence-electron chi connectivity index (χ3n) is 6.23. The number of amides is 1. The monoisotopic (exact) mass is 496 g/mol. The molecule has 0 heterocycles. The predicted molar refractivity (Wildman–Crippen MR) is 137 cm³/mol. The Bertz CT molecular complexity index is 1260. The Balaban J connectivity index is 1.59. The first-order valence-electron chi connectivity index (χ1n) is 11.6. The highest BCUT2D eigenvalue weighted by molar-refractivity contribution is 7.92. The van der Waals surface area contributed by atoms with E-state index in [2.05, 4.69) is 23.5 Å². The molecular formula is C27H29ClN2O3S.